The molecule has 0 bridgehead atoms. The molecule has 0 aromatic heterocycles. The lowest BCUT2D eigenvalue weighted by Gasteiger charge is -2.36. The molecule has 1 saturated heterocycles. The van der Waals surface area contributed by atoms with Gasteiger partial charge in [0.25, 0.3) is 5.91 Å². The Hall–Kier alpha value is -1.34. The predicted octanol–water partition coefficient (Wildman–Crippen LogP) is 2.05. The van der Waals surface area contributed by atoms with Crippen molar-refractivity contribution in [1.29, 1.82) is 0 Å². The number of amides is 2. The van der Waals surface area contributed by atoms with Crippen LogP contribution in [0.25, 0.3) is 0 Å². The van der Waals surface area contributed by atoms with E-state index in [9.17, 15) is 9.59 Å². The number of benzene rings is 1. The van der Waals surface area contributed by atoms with Crippen LogP contribution in [0, 0.1) is 0 Å². The minimum absolute atomic E-state index is 0. The Morgan fingerprint density at radius 1 is 1.26 bits per heavy atom. The first-order chi connectivity index (χ1) is 12.0. The molecule has 8 heteroatoms. The average molecular weight is 419 g/mol. The van der Waals surface area contributed by atoms with E-state index in [0.29, 0.717) is 19.5 Å². The number of piperidine rings is 1. The van der Waals surface area contributed by atoms with Crippen LogP contribution in [0.2, 0.25) is 0 Å². The quantitative estimate of drug-likeness (QED) is 0.709. The summed E-state index contributed by atoms with van der Waals surface area (Å²) in [6, 6.07) is 7.88. The highest BCUT2D eigenvalue weighted by Crippen LogP contribution is 2.20. The van der Waals surface area contributed by atoms with Gasteiger partial charge in [0.15, 0.2) is 0 Å². The van der Waals surface area contributed by atoms with Gasteiger partial charge in [-0.05, 0) is 51.1 Å². The van der Waals surface area contributed by atoms with Crippen molar-refractivity contribution < 1.29 is 9.59 Å². The minimum atomic E-state index is -0.0477. The van der Waals surface area contributed by atoms with Gasteiger partial charge in [-0.3, -0.25) is 9.59 Å². The number of carbonyl (C=O) groups excluding carboxylic acids is 2. The summed E-state index contributed by atoms with van der Waals surface area (Å²) in [6.07, 6.45) is 3.34. The third-order valence-corrected chi connectivity index (χ3v) is 4.47. The predicted molar refractivity (Wildman–Crippen MR) is 114 cm³/mol. The molecule has 2 rings (SSSR count). The zero-order valence-corrected chi connectivity index (χ0v) is 17.8. The SMILES string of the molecule is CN(C)Cc1cccc(C(=O)N2CCCCC2CNC(=O)CCN)c1.Cl.Cl. The summed E-state index contributed by atoms with van der Waals surface area (Å²) in [5.74, 6) is 0.00633. The largest absolute Gasteiger partial charge is 0.354 e. The van der Waals surface area contributed by atoms with E-state index in [-0.39, 0.29) is 42.7 Å². The molecule has 0 aliphatic carbocycles. The Bertz CT molecular complexity index is 599. The van der Waals surface area contributed by atoms with Crippen molar-refractivity contribution in [2.75, 3.05) is 33.7 Å². The van der Waals surface area contributed by atoms with Gasteiger partial charge in [0.1, 0.15) is 0 Å². The van der Waals surface area contributed by atoms with Gasteiger partial charge in [-0.1, -0.05) is 12.1 Å². The lowest BCUT2D eigenvalue weighted by atomic mass is 10.00. The number of rotatable bonds is 7. The van der Waals surface area contributed by atoms with Gasteiger partial charge in [-0.25, -0.2) is 0 Å². The second-order valence-electron chi connectivity index (χ2n) is 6.93. The second kappa shape index (κ2) is 12.9. The lowest BCUT2D eigenvalue weighted by Crippen LogP contribution is -2.49. The van der Waals surface area contributed by atoms with Gasteiger partial charge < -0.3 is 20.9 Å². The van der Waals surface area contributed by atoms with E-state index in [1.807, 2.05) is 43.3 Å². The molecule has 1 fully saturated rings. The molecule has 154 valence electrons. The smallest absolute Gasteiger partial charge is 0.254 e. The Kier molecular flexibility index (Phi) is 12.3. The zero-order chi connectivity index (χ0) is 18.2. The molecule has 0 radical (unpaired) electrons. The number of halogens is 2. The highest BCUT2D eigenvalue weighted by molar-refractivity contribution is 5.94. The molecular weight excluding hydrogens is 387 g/mol. The Morgan fingerprint density at radius 3 is 2.67 bits per heavy atom. The summed E-state index contributed by atoms with van der Waals surface area (Å²) in [5, 5.41) is 2.91. The number of nitrogens with two attached hydrogens (primary N) is 1. The first-order valence-electron chi connectivity index (χ1n) is 9.02. The van der Waals surface area contributed by atoms with E-state index in [1.165, 1.54) is 0 Å². The van der Waals surface area contributed by atoms with Crippen molar-refractivity contribution in [2.24, 2.45) is 5.73 Å². The van der Waals surface area contributed by atoms with Crippen LogP contribution < -0.4 is 11.1 Å². The maximum Gasteiger partial charge on any atom is 0.254 e. The molecule has 0 spiro atoms. The maximum absolute atomic E-state index is 13.0. The van der Waals surface area contributed by atoms with E-state index >= 15 is 0 Å². The van der Waals surface area contributed by atoms with Crippen molar-refractivity contribution in [2.45, 2.75) is 38.3 Å². The first kappa shape index (κ1) is 25.7. The third kappa shape index (κ3) is 8.05. The summed E-state index contributed by atoms with van der Waals surface area (Å²) < 4.78 is 0. The standard InChI is InChI=1S/C19H30N4O2.2ClH/c1-22(2)14-15-6-5-7-16(12-15)19(25)23-11-4-3-8-17(23)13-21-18(24)9-10-20;;/h5-7,12,17H,3-4,8-11,13-14,20H2,1-2H3,(H,21,24);2*1H. The summed E-state index contributed by atoms with van der Waals surface area (Å²) in [6.45, 7) is 2.40. The van der Waals surface area contributed by atoms with Crippen LogP contribution >= 0.6 is 24.8 Å². The molecule has 1 aliphatic rings. The molecule has 1 atom stereocenters. The van der Waals surface area contributed by atoms with Crippen LogP contribution in [0.15, 0.2) is 24.3 Å². The molecule has 1 aromatic carbocycles. The Morgan fingerprint density at radius 2 is 2.00 bits per heavy atom. The summed E-state index contributed by atoms with van der Waals surface area (Å²) in [7, 11) is 4.03. The number of carbonyl (C=O) groups is 2. The molecule has 1 heterocycles. The number of hydrogen-bond acceptors (Lipinski definition) is 4. The lowest BCUT2D eigenvalue weighted by molar-refractivity contribution is -0.121. The third-order valence-electron chi connectivity index (χ3n) is 4.47. The van der Waals surface area contributed by atoms with Crippen molar-refractivity contribution in [1.82, 2.24) is 15.1 Å². The van der Waals surface area contributed by atoms with Gasteiger partial charge in [-0.2, -0.15) is 0 Å². The molecular formula is C19H32Cl2N4O2. The molecule has 1 aliphatic heterocycles. The monoisotopic (exact) mass is 418 g/mol. The number of likely N-dealkylation sites (tertiary alicyclic amines) is 1. The average Bonchev–Trinajstić information content (AvgIpc) is 2.59. The number of nitrogens with zero attached hydrogens (tertiary/aromatic N) is 2. The van der Waals surface area contributed by atoms with Gasteiger partial charge in [0, 0.05) is 44.2 Å². The molecule has 1 unspecified atom stereocenters. The van der Waals surface area contributed by atoms with Crippen LogP contribution in [0.1, 0.15) is 41.6 Å². The molecule has 3 N–H and O–H groups in total. The van der Waals surface area contributed by atoms with Gasteiger partial charge in [0.2, 0.25) is 5.91 Å². The van der Waals surface area contributed by atoms with Gasteiger partial charge in [-0.15, -0.1) is 24.8 Å². The Labute approximate surface area is 174 Å². The normalized spacial score (nSPS) is 16.3. The number of hydrogen-bond donors (Lipinski definition) is 2. The molecule has 1 aromatic rings. The van der Waals surface area contributed by atoms with Crippen LogP contribution in [0.4, 0.5) is 0 Å². The summed E-state index contributed by atoms with van der Waals surface area (Å²) in [5.41, 5.74) is 7.26. The molecule has 0 saturated carbocycles. The second-order valence-corrected chi connectivity index (χ2v) is 6.93. The van der Waals surface area contributed by atoms with Crippen LogP contribution in [-0.4, -0.2) is 61.4 Å². The maximum atomic E-state index is 13.0. The van der Waals surface area contributed by atoms with E-state index in [4.69, 9.17) is 5.73 Å². The van der Waals surface area contributed by atoms with Crippen LogP contribution in [-0.2, 0) is 11.3 Å². The fraction of sp³-hybridized carbons (Fsp3) is 0.579. The first-order valence-corrected chi connectivity index (χ1v) is 9.02. The van der Waals surface area contributed by atoms with E-state index < -0.39 is 0 Å². The highest BCUT2D eigenvalue weighted by Gasteiger charge is 2.27. The summed E-state index contributed by atoms with van der Waals surface area (Å²) >= 11 is 0. The van der Waals surface area contributed by atoms with E-state index in [0.717, 1.165) is 43.5 Å². The van der Waals surface area contributed by atoms with Gasteiger partial charge in [0.05, 0.1) is 0 Å². The van der Waals surface area contributed by atoms with Crippen LogP contribution in [0.3, 0.4) is 0 Å². The fourth-order valence-electron chi connectivity index (χ4n) is 3.26. The fourth-order valence-corrected chi connectivity index (χ4v) is 3.26. The molecule has 6 nitrogen and oxygen atoms in total. The highest BCUT2D eigenvalue weighted by atomic mass is 35.5. The van der Waals surface area contributed by atoms with Crippen molar-refractivity contribution in [3.63, 3.8) is 0 Å². The van der Waals surface area contributed by atoms with Crippen molar-refractivity contribution >= 4 is 36.6 Å². The minimum Gasteiger partial charge on any atom is -0.354 e. The van der Waals surface area contributed by atoms with E-state index in [1.54, 1.807) is 0 Å². The van der Waals surface area contributed by atoms with Crippen molar-refractivity contribution in [3.05, 3.63) is 35.4 Å². The molecule has 2 amide bonds. The zero-order valence-electron chi connectivity index (χ0n) is 16.1. The van der Waals surface area contributed by atoms with Crippen LogP contribution in [0.5, 0.6) is 0 Å². The van der Waals surface area contributed by atoms with Gasteiger partial charge >= 0.3 is 0 Å². The summed E-state index contributed by atoms with van der Waals surface area (Å²) in [4.78, 5) is 28.7. The molecule has 27 heavy (non-hydrogen) atoms. The topological polar surface area (TPSA) is 78.7 Å². The van der Waals surface area contributed by atoms with E-state index in [2.05, 4.69) is 10.2 Å². The van der Waals surface area contributed by atoms with Crippen molar-refractivity contribution in [3.8, 4) is 0 Å². The Balaban J connectivity index is 0.00000338. The number of nitrogens with one attached hydrogen (secondary N) is 1.